The summed E-state index contributed by atoms with van der Waals surface area (Å²) >= 11 is 2.34. The van der Waals surface area contributed by atoms with E-state index in [1.807, 2.05) is 0 Å². The number of hydrogen-bond acceptors (Lipinski definition) is 8. The van der Waals surface area contributed by atoms with Crippen molar-refractivity contribution < 1.29 is 27.2 Å². The Hall–Kier alpha value is -2.25. The fraction of sp³-hybridized carbons (Fsp3) is 0.400. The van der Waals surface area contributed by atoms with Gasteiger partial charge in [0, 0.05) is 34.1 Å². The largest absolute Gasteiger partial charge is 0.466 e. The fourth-order valence-electron chi connectivity index (χ4n) is 4.06. The van der Waals surface area contributed by atoms with Crippen molar-refractivity contribution >= 4 is 53.9 Å². The number of rotatable bonds is 4. The molecule has 0 aromatic carbocycles. The van der Waals surface area contributed by atoms with Crippen molar-refractivity contribution in [3.63, 3.8) is 0 Å². The summed E-state index contributed by atoms with van der Waals surface area (Å²) in [6.45, 7) is 1.92. The lowest BCUT2D eigenvalue weighted by molar-refractivity contribution is 0.0765. The Labute approximate surface area is 192 Å². The maximum absolute atomic E-state index is 13.0. The van der Waals surface area contributed by atoms with Gasteiger partial charge in [-0.15, -0.1) is 22.7 Å². The van der Waals surface area contributed by atoms with Crippen molar-refractivity contribution in [2.24, 2.45) is 5.14 Å². The van der Waals surface area contributed by atoms with Gasteiger partial charge in [-0.3, -0.25) is 9.59 Å². The van der Waals surface area contributed by atoms with Crippen LogP contribution in [-0.2, 0) is 28.0 Å². The normalized spacial score (nSPS) is 19.2. The van der Waals surface area contributed by atoms with Gasteiger partial charge in [-0.2, -0.15) is 0 Å². The van der Waals surface area contributed by atoms with Crippen LogP contribution in [0.3, 0.4) is 0 Å². The van der Waals surface area contributed by atoms with Crippen molar-refractivity contribution in [1.29, 1.82) is 0 Å². The number of likely N-dealkylation sites (tertiary alicyclic amines) is 1. The highest BCUT2D eigenvalue weighted by molar-refractivity contribution is 7.91. The third-order valence-electron chi connectivity index (χ3n) is 5.73. The minimum atomic E-state index is -3.75. The lowest BCUT2D eigenvalue weighted by atomic mass is 10.1. The summed E-state index contributed by atoms with van der Waals surface area (Å²) in [4.78, 5) is 28.1. The molecule has 12 heteroatoms. The molecule has 0 saturated carbocycles. The van der Waals surface area contributed by atoms with E-state index in [-0.39, 0.29) is 22.1 Å². The van der Waals surface area contributed by atoms with Crippen LogP contribution in [0.2, 0.25) is 0 Å². The highest BCUT2D eigenvalue weighted by atomic mass is 32.2. The summed E-state index contributed by atoms with van der Waals surface area (Å²) in [5.41, 5.74) is 1.34. The number of carbonyl (C=O) groups excluding carboxylic acids is 2. The van der Waals surface area contributed by atoms with Crippen molar-refractivity contribution in [1.82, 2.24) is 10.2 Å². The van der Waals surface area contributed by atoms with Gasteiger partial charge in [0.2, 0.25) is 10.0 Å². The lowest BCUT2D eigenvalue weighted by Crippen LogP contribution is -2.36. The number of amides is 2. The molecule has 1 unspecified atom stereocenters. The molecule has 2 aliphatic heterocycles. The Bertz CT molecular complexity index is 1270. The topological polar surface area (TPSA) is 132 Å². The number of nitrogens with two attached hydrogens (primary N) is 1. The molecule has 5 rings (SSSR count). The standard InChI is InChI=1S/C20H21N3O6S3/c21-32(26,27)18-7-16-15(31-18)6-17(30-16)20(25)23-4-1-2-11(3-5-23)22-19(24)13-9-29-14-10-28-8-12(13)14/h6-7,9,11H,1-5,8,10H2,(H,22,24)(H2,21,26,27). The molecule has 170 valence electrons. The molecule has 3 aromatic heterocycles. The second-order valence-corrected chi connectivity index (χ2v) is 11.8. The van der Waals surface area contributed by atoms with Crippen LogP contribution in [0.4, 0.5) is 0 Å². The predicted octanol–water partition coefficient (Wildman–Crippen LogP) is 2.66. The van der Waals surface area contributed by atoms with Gasteiger partial charge >= 0.3 is 0 Å². The fourth-order valence-corrected chi connectivity index (χ4v) is 7.25. The van der Waals surface area contributed by atoms with Crippen LogP contribution < -0.4 is 10.5 Å². The van der Waals surface area contributed by atoms with E-state index in [2.05, 4.69) is 5.32 Å². The number of primary sulfonamides is 1. The Kier molecular flexibility index (Phi) is 5.58. The van der Waals surface area contributed by atoms with E-state index in [0.717, 1.165) is 39.1 Å². The molecule has 2 amide bonds. The highest BCUT2D eigenvalue weighted by Gasteiger charge is 2.28. The molecule has 9 nitrogen and oxygen atoms in total. The average Bonchev–Trinajstić information content (AvgIpc) is 3.46. The van der Waals surface area contributed by atoms with Crippen molar-refractivity contribution in [2.75, 3.05) is 13.1 Å². The van der Waals surface area contributed by atoms with Gasteiger partial charge in [0.15, 0.2) is 0 Å². The number of fused-ring (bicyclic) bond motifs is 2. The van der Waals surface area contributed by atoms with E-state index >= 15 is 0 Å². The smallest absolute Gasteiger partial charge is 0.263 e. The first kappa shape index (κ1) is 21.6. The third-order valence-corrected chi connectivity index (χ3v) is 9.43. The van der Waals surface area contributed by atoms with E-state index in [4.69, 9.17) is 14.3 Å². The molecule has 0 bridgehead atoms. The number of carbonyl (C=O) groups is 2. The third kappa shape index (κ3) is 4.08. The number of hydrogen-bond donors (Lipinski definition) is 2. The van der Waals surface area contributed by atoms with E-state index in [0.29, 0.717) is 48.9 Å². The van der Waals surface area contributed by atoms with Gasteiger partial charge in [0.05, 0.1) is 17.0 Å². The minimum Gasteiger partial charge on any atom is -0.466 e. The van der Waals surface area contributed by atoms with Gasteiger partial charge in [0.25, 0.3) is 11.8 Å². The van der Waals surface area contributed by atoms with Gasteiger partial charge in [-0.05, 0) is 31.4 Å². The van der Waals surface area contributed by atoms with Crippen LogP contribution in [0.1, 0.15) is 50.6 Å². The zero-order valence-corrected chi connectivity index (χ0v) is 19.4. The zero-order valence-electron chi connectivity index (χ0n) is 17.0. The van der Waals surface area contributed by atoms with E-state index < -0.39 is 10.0 Å². The first-order chi connectivity index (χ1) is 15.3. The Morgan fingerprint density at radius 3 is 2.72 bits per heavy atom. The second kappa shape index (κ2) is 8.27. The summed E-state index contributed by atoms with van der Waals surface area (Å²) in [5, 5.41) is 8.26. The highest BCUT2D eigenvalue weighted by Crippen LogP contribution is 2.35. The van der Waals surface area contributed by atoms with Crippen LogP contribution in [0.25, 0.3) is 9.40 Å². The summed E-state index contributed by atoms with van der Waals surface area (Å²) in [6.07, 6.45) is 3.70. The molecular formula is C20H21N3O6S3. The average molecular weight is 496 g/mol. The van der Waals surface area contributed by atoms with Crippen LogP contribution in [0.15, 0.2) is 27.0 Å². The first-order valence-electron chi connectivity index (χ1n) is 10.1. The summed E-state index contributed by atoms with van der Waals surface area (Å²) in [7, 11) is -3.75. The molecule has 0 spiro atoms. The van der Waals surface area contributed by atoms with Crippen LogP contribution in [-0.4, -0.2) is 44.3 Å². The van der Waals surface area contributed by atoms with E-state index in [9.17, 15) is 18.0 Å². The minimum absolute atomic E-state index is 0.0303. The number of thiophene rings is 2. The van der Waals surface area contributed by atoms with Gasteiger partial charge < -0.3 is 19.4 Å². The Balaban J connectivity index is 1.23. The molecule has 0 radical (unpaired) electrons. The van der Waals surface area contributed by atoms with Crippen LogP contribution in [0, 0.1) is 0 Å². The molecule has 5 heterocycles. The van der Waals surface area contributed by atoms with Crippen molar-refractivity contribution in [3.8, 4) is 0 Å². The lowest BCUT2D eigenvalue weighted by Gasteiger charge is -2.20. The van der Waals surface area contributed by atoms with Crippen LogP contribution >= 0.6 is 22.7 Å². The van der Waals surface area contributed by atoms with E-state index in [1.54, 1.807) is 11.0 Å². The van der Waals surface area contributed by atoms with Gasteiger partial charge in [-0.1, -0.05) is 0 Å². The number of nitrogens with zero attached hydrogens (tertiary/aromatic N) is 1. The van der Waals surface area contributed by atoms with Gasteiger partial charge in [0.1, 0.15) is 22.8 Å². The van der Waals surface area contributed by atoms with E-state index in [1.165, 1.54) is 23.7 Å². The Morgan fingerprint density at radius 1 is 1.12 bits per heavy atom. The molecule has 3 aromatic rings. The maximum atomic E-state index is 13.0. The first-order valence-corrected chi connectivity index (χ1v) is 13.3. The summed E-state index contributed by atoms with van der Waals surface area (Å²) < 4.78 is 35.3. The molecule has 1 atom stereocenters. The molecule has 32 heavy (non-hydrogen) atoms. The zero-order chi connectivity index (χ0) is 22.5. The molecule has 1 fully saturated rings. The molecule has 2 aliphatic rings. The van der Waals surface area contributed by atoms with Crippen molar-refractivity contribution in [3.05, 3.63) is 40.2 Å². The Morgan fingerprint density at radius 2 is 1.94 bits per heavy atom. The van der Waals surface area contributed by atoms with Crippen LogP contribution in [0.5, 0.6) is 0 Å². The number of nitrogens with one attached hydrogen (secondary N) is 1. The number of furan rings is 1. The summed E-state index contributed by atoms with van der Waals surface area (Å²) in [5.74, 6) is 0.460. The number of ether oxygens (including phenoxy) is 1. The summed E-state index contributed by atoms with van der Waals surface area (Å²) in [6, 6.07) is 3.22. The maximum Gasteiger partial charge on any atom is 0.263 e. The SMILES string of the molecule is NS(=O)(=O)c1cc2sc(C(=O)N3CCCC(NC(=O)c4coc5c4COC5)CC3)cc2s1. The molecule has 3 N–H and O–H groups in total. The quantitative estimate of drug-likeness (QED) is 0.572. The van der Waals surface area contributed by atoms with Crippen molar-refractivity contribution in [2.45, 2.75) is 42.7 Å². The molecular weight excluding hydrogens is 474 g/mol. The number of sulfonamides is 1. The molecule has 1 saturated heterocycles. The molecule has 0 aliphatic carbocycles. The van der Waals surface area contributed by atoms with Gasteiger partial charge in [-0.25, -0.2) is 13.6 Å². The second-order valence-electron chi connectivity index (χ2n) is 7.89. The monoisotopic (exact) mass is 495 g/mol. The predicted molar refractivity (Wildman–Crippen MR) is 119 cm³/mol.